The molecule has 0 fully saturated rings. The molecule has 0 unspecified atom stereocenters. The maximum atomic E-state index is 10.7. The molecule has 100 valence electrons. The Morgan fingerprint density at radius 1 is 0.900 bits per heavy atom. The molecular weight excluding hydrogens is 280 g/mol. The van der Waals surface area contributed by atoms with Crippen molar-refractivity contribution < 1.29 is 13.0 Å². The summed E-state index contributed by atoms with van der Waals surface area (Å²) < 4.78 is 32.2. The Labute approximate surface area is 115 Å². The molecular formula is C12H8N4O3S. The number of hydrogen-bond acceptors (Lipinski definition) is 6. The first kappa shape index (κ1) is 13.8. The van der Waals surface area contributed by atoms with E-state index in [4.69, 9.17) is 5.39 Å². The molecule has 0 aliphatic heterocycles. The molecule has 0 saturated heterocycles. The molecule has 0 saturated carbocycles. The lowest BCUT2D eigenvalue weighted by Crippen LogP contribution is -1.97. The second-order valence-electron chi connectivity index (χ2n) is 3.76. The molecule has 0 radical (unpaired) electrons. The predicted octanol–water partition coefficient (Wildman–Crippen LogP) is 3.49. The van der Waals surface area contributed by atoms with Gasteiger partial charge in [-0.25, -0.2) is 8.42 Å². The molecule has 20 heavy (non-hydrogen) atoms. The van der Waals surface area contributed by atoms with Crippen LogP contribution in [0, 0.1) is 5.39 Å². The molecule has 0 aliphatic rings. The fourth-order valence-electron chi connectivity index (χ4n) is 1.38. The second kappa shape index (κ2) is 5.56. The molecule has 2 aromatic rings. The van der Waals surface area contributed by atoms with Gasteiger partial charge in [0.25, 0.3) is 0 Å². The van der Waals surface area contributed by atoms with Gasteiger partial charge in [0.05, 0.1) is 16.3 Å². The van der Waals surface area contributed by atoms with Crippen molar-refractivity contribution in [2.75, 3.05) is 0 Å². The second-order valence-corrected chi connectivity index (χ2v) is 5.14. The van der Waals surface area contributed by atoms with Crippen LogP contribution in [-0.4, -0.2) is 13.0 Å². The summed E-state index contributed by atoms with van der Waals surface area (Å²) in [4.78, 5) is 2.69. The van der Waals surface area contributed by atoms with Crippen LogP contribution in [0.15, 0.2) is 63.7 Å². The summed E-state index contributed by atoms with van der Waals surface area (Å²) in [6.45, 7) is 0. The number of hydrogen-bond donors (Lipinski definition) is 0. The zero-order valence-electron chi connectivity index (χ0n) is 10.0. The summed E-state index contributed by atoms with van der Waals surface area (Å²) in [6, 6.07) is 11.4. The standard InChI is InChI=1S/C12H8N4O3S/c13-14-9-1-3-10(4-2-9)15-16-11-5-7-12(8-6-11)20(17,18)19/h1-8H. The summed E-state index contributed by atoms with van der Waals surface area (Å²) in [5.41, 5.74) is 1.35. The molecule has 8 heteroatoms. The molecule has 7 nitrogen and oxygen atoms in total. The fourth-order valence-corrected chi connectivity index (χ4v) is 1.85. The molecule has 0 atom stereocenters. The highest BCUT2D eigenvalue weighted by molar-refractivity contribution is 7.85. The minimum absolute atomic E-state index is 0.314. The smallest absolute Gasteiger partial charge is 0.385 e. The SMILES string of the molecule is N#[N+]c1ccc(N=Nc2ccc(S(=O)(=O)[O-])cc2)cc1. The van der Waals surface area contributed by atoms with E-state index >= 15 is 0 Å². The van der Waals surface area contributed by atoms with Gasteiger partial charge in [-0.2, -0.15) is 10.2 Å². The van der Waals surface area contributed by atoms with Crippen LogP contribution in [0.2, 0.25) is 0 Å². The lowest BCUT2D eigenvalue weighted by atomic mass is 10.3. The van der Waals surface area contributed by atoms with Gasteiger partial charge >= 0.3 is 5.69 Å². The van der Waals surface area contributed by atoms with Crippen molar-refractivity contribution in [1.82, 2.24) is 0 Å². The largest absolute Gasteiger partial charge is 0.744 e. The van der Waals surface area contributed by atoms with Gasteiger partial charge in [0.1, 0.15) is 10.1 Å². The van der Waals surface area contributed by atoms with Gasteiger partial charge in [0, 0.05) is 12.1 Å². The monoisotopic (exact) mass is 288 g/mol. The Kier molecular flexibility index (Phi) is 3.84. The third kappa shape index (κ3) is 3.44. The molecule has 0 spiro atoms. The van der Waals surface area contributed by atoms with Gasteiger partial charge < -0.3 is 4.55 Å². The maximum absolute atomic E-state index is 10.7. The van der Waals surface area contributed by atoms with Crippen molar-refractivity contribution >= 4 is 27.2 Å². The summed E-state index contributed by atoms with van der Waals surface area (Å²) >= 11 is 0. The van der Waals surface area contributed by atoms with E-state index in [1.165, 1.54) is 24.3 Å². The Bertz CT molecular complexity index is 775. The molecule has 0 bridgehead atoms. The van der Waals surface area contributed by atoms with Gasteiger partial charge in [0.15, 0.2) is 4.98 Å². The summed E-state index contributed by atoms with van der Waals surface area (Å²) in [5, 5.41) is 16.3. The van der Waals surface area contributed by atoms with E-state index in [0.717, 1.165) is 0 Å². The fraction of sp³-hybridized carbons (Fsp3) is 0. The number of azo groups is 1. The van der Waals surface area contributed by atoms with Crippen LogP contribution in [0.3, 0.4) is 0 Å². The van der Waals surface area contributed by atoms with Crippen LogP contribution >= 0.6 is 0 Å². The topological polar surface area (TPSA) is 110 Å². The van der Waals surface area contributed by atoms with E-state index < -0.39 is 10.1 Å². The Hall–Kier alpha value is -2.63. The molecule has 0 heterocycles. The zero-order chi connectivity index (χ0) is 14.6. The van der Waals surface area contributed by atoms with Gasteiger partial charge in [0.2, 0.25) is 5.39 Å². The summed E-state index contributed by atoms with van der Waals surface area (Å²) in [6.07, 6.45) is 0. The van der Waals surface area contributed by atoms with E-state index in [0.29, 0.717) is 17.1 Å². The zero-order valence-corrected chi connectivity index (χ0v) is 10.9. The van der Waals surface area contributed by atoms with Gasteiger partial charge in [-0.1, -0.05) is 0 Å². The number of rotatable bonds is 3. The average molecular weight is 288 g/mol. The van der Waals surface area contributed by atoms with E-state index in [9.17, 15) is 13.0 Å². The normalized spacial score (nSPS) is 11.4. The summed E-state index contributed by atoms with van der Waals surface area (Å²) in [5.74, 6) is 0. The lowest BCUT2D eigenvalue weighted by Gasteiger charge is -2.05. The number of nitrogens with zero attached hydrogens (tertiary/aromatic N) is 4. The summed E-state index contributed by atoms with van der Waals surface area (Å²) in [7, 11) is -4.45. The maximum Gasteiger partial charge on any atom is 0.385 e. The van der Waals surface area contributed by atoms with Crippen LogP contribution in [0.25, 0.3) is 4.98 Å². The van der Waals surface area contributed by atoms with Gasteiger partial charge in [-0.15, -0.1) is 0 Å². The van der Waals surface area contributed by atoms with Crippen molar-refractivity contribution in [1.29, 1.82) is 5.39 Å². The van der Waals surface area contributed by atoms with Crippen LogP contribution in [0.1, 0.15) is 0 Å². The minimum Gasteiger partial charge on any atom is -0.744 e. The van der Waals surface area contributed by atoms with E-state index in [1.807, 2.05) is 0 Å². The van der Waals surface area contributed by atoms with E-state index in [1.54, 1.807) is 24.3 Å². The van der Waals surface area contributed by atoms with Crippen LogP contribution in [-0.2, 0) is 10.1 Å². The Morgan fingerprint density at radius 2 is 1.35 bits per heavy atom. The van der Waals surface area contributed by atoms with Crippen molar-refractivity contribution in [3.63, 3.8) is 0 Å². The quantitative estimate of drug-likeness (QED) is 0.489. The number of benzene rings is 2. The van der Waals surface area contributed by atoms with E-state index in [-0.39, 0.29) is 4.90 Å². The molecule has 0 N–H and O–H groups in total. The first-order valence-electron chi connectivity index (χ1n) is 5.42. The molecule has 2 rings (SSSR count). The van der Waals surface area contributed by atoms with Crippen molar-refractivity contribution in [3.8, 4) is 0 Å². The first-order valence-corrected chi connectivity index (χ1v) is 6.83. The molecule has 0 aromatic heterocycles. The van der Waals surface area contributed by atoms with Crippen LogP contribution < -0.4 is 0 Å². The highest BCUT2D eigenvalue weighted by Crippen LogP contribution is 2.22. The van der Waals surface area contributed by atoms with Crippen molar-refractivity contribution in [3.05, 3.63) is 53.5 Å². The van der Waals surface area contributed by atoms with Crippen LogP contribution in [0.5, 0.6) is 0 Å². The minimum atomic E-state index is -4.45. The third-order valence-corrected chi connectivity index (χ3v) is 3.22. The first-order chi connectivity index (χ1) is 9.49. The van der Waals surface area contributed by atoms with Crippen LogP contribution in [0.4, 0.5) is 17.1 Å². The number of diazo groups is 1. The van der Waals surface area contributed by atoms with E-state index in [2.05, 4.69) is 15.2 Å². The molecule has 2 aromatic carbocycles. The average Bonchev–Trinajstić information content (AvgIpc) is 2.45. The van der Waals surface area contributed by atoms with Crippen molar-refractivity contribution in [2.45, 2.75) is 4.90 Å². The highest BCUT2D eigenvalue weighted by atomic mass is 32.2. The van der Waals surface area contributed by atoms with Gasteiger partial charge in [-0.3, -0.25) is 0 Å². The lowest BCUT2D eigenvalue weighted by molar-refractivity contribution is 0.463. The van der Waals surface area contributed by atoms with Crippen molar-refractivity contribution in [2.24, 2.45) is 10.2 Å². The predicted molar refractivity (Wildman–Crippen MR) is 69.8 cm³/mol. The van der Waals surface area contributed by atoms with Gasteiger partial charge in [-0.05, 0) is 36.4 Å². The third-order valence-electron chi connectivity index (χ3n) is 2.37. The Morgan fingerprint density at radius 3 is 1.75 bits per heavy atom. The molecule has 0 amide bonds. The Balaban J connectivity index is 2.17. The molecule has 0 aliphatic carbocycles. The highest BCUT2D eigenvalue weighted by Gasteiger charge is 2.02.